The summed E-state index contributed by atoms with van der Waals surface area (Å²) in [5.41, 5.74) is 6.02. The van der Waals surface area contributed by atoms with Crippen molar-refractivity contribution < 1.29 is 9.53 Å². The summed E-state index contributed by atoms with van der Waals surface area (Å²) in [6, 6.07) is 5.70. The Morgan fingerprint density at radius 1 is 1.50 bits per heavy atom. The Hall–Kier alpha value is -1.07. The number of nitrogens with two attached hydrogens (primary N) is 1. The van der Waals surface area contributed by atoms with Crippen molar-refractivity contribution in [2.45, 2.75) is 20.4 Å². The fourth-order valence-electron chi connectivity index (χ4n) is 1.33. The van der Waals surface area contributed by atoms with Gasteiger partial charge in [-0.05, 0) is 47.5 Å². The summed E-state index contributed by atoms with van der Waals surface area (Å²) in [6.45, 7) is 4.45. The van der Waals surface area contributed by atoms with Gasteiger partial charge in [0.05, 0.1) is 17.0 Å². The third kappa shape index (κ3) is 3.71. The Kier molecular flexibility index (Phi) is 5.16. The number of hydrogen-bond donors (Lipinski definition) is 2. The van der Waals surface area contributed by atoms with E-state index >= 15 is 0 Å². The van der Waals surface area contributed by atoms with E-state index in [2.05, 4.69) is 21.2 Å². The molecular weight excluding hydrogens is 296 g/mol. The predicted molar refractivity (Wildman–Crippen MR) is 75.4 cm³/mol. The van der Waals surface area contributed by atoms with Crippen LogP contribution in [0.3, 0.4) is 0 Å². The molecule has 0 aliphatic rings. The highest BCUT2D eigenvalue weighted by atomic mass is 79.9. The zero-order valence-corrected chi connectivity index (χ0v) is 12.5. The molecule has 4 nitrogen and oxygen atoms in total. The van der Waals surface area contributed by atoms with E-state index in [0.717, 1.165) is 15.8 Å². The number of carbonyl (C=O) groups excluding carboxylic acids is 1. The van der Waals surface area contributed by atoms with Crippen molar-refractivity contribution in [2.24, 2.45) is 11.1 Å². The molecule has 0 radical (unpaired) electrons. The molecule has 1 amide bonds. The van der Waals surface area contributed by atoms with Crippen LogP contribution in [0.5, 0.6) is 5.75 Å². The molecule has 0 aliphatic carbocycles. The van der Waals surface area contributed by atoms with Gasteiger partial charge in [-0.3, -0.25) is 4.79 Å². The van der Waals surface area contributed by atoms with E-state index in [4.69, 9.17) is 10.5 Å². The molecule has 0 unspecified atom stereocenters. The maximum atomic E-state index is 11.8. The van der Waals surface area contributed by atoms with E-state index in [9.17, 15) is 4.79 Å². The van der Waals surface area contributed by atoms with Crippen LogP contribution in [0.25, 0.3) is 0 Å². The molecule has 0 aliphatic heterocycles. The first kappa shape index (κ1) is 15.0. The molecule has 0 aromatic heterocycles. The highest BCUT2D eigenvalue weighted by Gasteiger charge is 2.25. The molecule has 100 valence electrons. The van der Waals surface area contributed by atoms with Crippen molar-refractivity contribution in [3.05, 3.63) is 28.2 Å². The van der Waals surface area contributed by atoms with Crippen LogP contribution in [0.2, 0.25) is 0 Å². The van der Waals surface area contributed by atoms with Crippen LogP contribution >= 0.6 is 15.9 Å². The molecule has 0 saturated heterocycles. The van der Waals surface area contributed by atoms with Crippen molar-refractivity contribution >= 4 is 21.8 Å². The Morgan fingerprint density at radius 3 is 2.67 bits per heavy atom. The summed E-state index contributed by atoms with van der Waals surface area (Å²) in [6.07, 6.45) is 0. The van der Waals surface area contributed by atoms with Crippen LogP contribution in [0.4, 0.5) is 0 Å². The number of amides is 1. The molecule has 0 spiro atoms. The standard InChI is InChI=1S/C13H19BrN2O2/c1-13(2,8-15)12(17)16-7-9-4-5-11(18-3)10(14)6-9/h4-6H,7-8,15H2,1-3H3,(H,16,17). The number of benzene rings is 1. The number of nitrogens with one attached hydrogen (secondary N) is 1. The molecule has 0 fully saturated rings. The Labute approximate surface area is 116 Å². The van der Waals surface area contributed by atoms with E-state index in [0.29, 0.717) is 13.1 Å². The second kappa shape index (κ2) is 6.20. The Morgan fingerprint density at radius 2 is 2.17 bits per heavy atom. The molecule has 0 saturated carbocycles. The molecule has 1 aromatic rings. The fourth-order valence-corrected chi connectivity index (χ4v) is 1.92. The molecule has 5 heteroatoms. The molecule has 0 heterocycles. The normalized spacial score (nSPS) is 11.2. The third-order valence-electron chi connectivity index (χ3n) is 2.79. The smallest absolute Gasteiger partial charge is 0.227 e. The molecule has 1 aromatic carbocycles. The van der Waals surface area contributed by atoms with E-state index in [1.807, 2.05) is 32.0 Å². The second-order valence-electron chi connectivity index (χ2n) is 4.74. The van der Waals surface area contributed by atoms with Gasteiger partial charge >= 0.3 is 0 Å². The van der Waals surface area contributed by atoms with Gasteiger partial charge in [0.15, 0.2) is 0 Å². The number of rotatable bonds is 5. The summed E-state index contributed by atoms with van der Waals surface area (Å²) in [4.78, 5) is 11.8. The maximum Gasteiger partial charge on any atom is 0.227 e. The van der Waals surface area contributed by atoms with Crippen LogP contribution in [-0.4, -0.2) is 19.6 Å². The number of ether oxygens (including phenoxy) is 1. The Bertz CT molecular complexity index is 433. The summed E-state index contributed by atoms with van der Waals surface area (Å²) < 4.78 is 6.02. The first-order valence-corrected chi connectivity index (χ1v) is 6.51. The lowest BCUT2D eigenvalue weighted by atomic mass is 9.92. The monoisotopic (exact) mass is 314 g/mol. The molecule has 1 rings (SSSR count). The van der Waals surface area contributed by atoms with Gasteiger partial charge in [0, 0.05) is 13.1 Å². The molecular formula is C13H19BrN2O2. The zero-order chi connectivity index (χ0) is 13.8. The van der Waals surface area contributed by atoms with E-state index in [-0.39, 0.29) is 5.91 Å². The van der Waals surface area contributed by atoms with Gasteiger partial charge in [-0.2, -0.15) is 0 Å². The van der Waals surface area contributed by atoms with Crippen LogP contribution in [0, 0.1) is 5.41 Å². The van der Waals surface area contributed by atoms with Gasteiger partial charge in [-0.15, -0.1) is 0 Å². The Balaban J connectivity index is 2.64. The van der Waals surface area contributed by atoms with E-state index in [1.54, 1.807) is 7.11 Å². The quantitative estimate of drug-likeness (QED) is 0.874. The summed E-state index contributed by atoms with van der Waals surface area (Å²) in [7, 11) is 1.62. The minimum Gasteiger partial charge on any atom is -0.496 e. The number of hydrogen-bond acceptors (Lipinski definition) is 3. The molecule has 0 atom stereocenters. The van der Waals surface area contributed by atoms with Gasteiger partial charge in [-0.1, -0.05) is 6.07 Å². The van der Waals surface area contributed by atoms with Crippen molar-refractivity contribution in [1.29, 1.82) is 0 Å². The van der Waals surface area contributed by atoms with Gasteiger partial charge in [0.2, 0.25) is 5.91 Å². The number of halogens is 1. The minimum atomic E-state index is -0.538. The van der Waals surface area contributed by atoms with Crippen molar-refractivity contribution in [2.75, 3.05) is 13.7 Å². The van der Waals surface area contributed by atoms with Gasteiger partial charge in [-0.25, -0.2) is 0 Å². The zero-order valence-electron chi connectivity index (χ0n) is 10.9. The van der Waals surface area contributed by atoms with Crippen molar-refractivity contribution in [3.8, 4) is 5.75 Å². The molecule has 0 bridgehead atoms. The first-order chi connectivity index (χ1) is 8.40. The van der Waals surface area contributed by atoms with Gasteiger partial charge < -0.3 is 15.8 Å². The second-order valence-corrected chi connectivity index (χ2v) is 5.59. The van der Waals surface area contributed by atoms with Crippen LogP contribution in [0.1, 0.15) is 19.4 Å². The van der Waals surface area contributed by atoms with Crippen LogP contribution < -0.4 is 15.8 Å². The number of methoxy groups -OCH3 is 1. The summed E-state index contributed by atoms with van der Waals surface area (Å²) in [5.74, 6) is 0.726. The minimum absolute atomic E-state index is 0.0445. The molecule has 3 N–H and O–H groups in total. The van der Waals surface area contributed by atoms with Crippen molar-refractivity contribution in [1.82, 2.24) is 5.32 Å². The largest absolute Gasteiger partial charge is 0.496 e. The highest BCUT2D eigenvalue weighted by Crippen LogP contribution is 2.25. The van der Waals surface area contributed by atoms with Crippen LogP contribution in [0.15, 0.2) is 22.7 Å². The van der Waals surface area contributed by atoms with Gasteiger partial charge in [0.25, 0.3) is 0 Å². The fraction of sp³-hybridized carbons (Fsp3) is 0.462. The van der Waals surface area contributed by atoms with Gasteiger partial charge in [0.1, 0.15) is 5.75 Å². The average Bonchev–Trinajstić information content (AvgIpc) is 2.36. The lowest BCUT2D eigenvalue weighted by Crippen LogP contribution is -2.41. The number of carbonyl (C=O) groups is 1. The first-order valence-electron chi connectivity index (χ1n) is 5.71. The summed E-state index contributed by atoms with van der Waals surface area (Å²) >= 11 is 3.41. The molecule has 18 heavy (non-hydrogen) atoms. The lowest BCUT2D eigenvalue weighted by Gasteiger charge is -2.21. The average molecular weight is 315 g/mol. The lowest BCUT2D eigenvalue weighted by molar-refractivity contribution is -0.129. The summed E-state index contributed by atoms with van der Waals surface area (Å²) in [5, 5.41) is 2.87. The van der Waals surface area contributed by atoms with E-state index < -0.39 is 5.41 Å². The SMILES string of the molecule is COc1ccc(CNC(=O)C(C)(C)CN)cc1Br. The topological polar surface area (TPSA) is 64.3 Å². The van der Waals surface area contributed by atoms with Crippen LogP contribution in [-0.2, 0) is 11.3 Å². The predicted octanol–water partition coefficient (Wildman–Crippen LogP) is 2.06. The maximum absolute atomic E-state index is 11.8. The van der Waals surface area contributed by atoms with Crippen molar-refractivity contribution in [3.63, 3.8) is 0 Å². The highest BCUT2D eigenvalue weighted by molar-refractivity contribution is 9.10. The van der Waals surface area contributed by atoms with E-state index in [1.165, 1.54) is 0 Å². The third-order valence-corrected chi connectivity index (χ3v) is 3.41.